The van der Waals surface area contributed by atoms with Crippen LogP contribution in [0, 0.1) is 13.8 Å². The smallest absolute Gasteiger partial charge is 0.306 e. The molecular weight excluding hydrogens is 408 g/mol. The van der Waals surface area contributed by atoms with Crippen LogP contribution < -0.4 is 5.32 Å². The number of hydrogen-bond acceptors (Lipinski definition) is 5. The Balaban J connectivity index is 1.79. The molecule has 0 aliphatic rings. The van der Waals surface area contributed by atoms with E-state index in [2.05, 4.69) is 5.32 Å². The third kappa shape index (κ3) is 7.04. The maximum Gasteiger partial charge on any atom is 0.306 e. The molecule has 32 heavy (non-hydrogen) atoms. The SMILES string of the molecule is CCN(CC)C(=O)c1ccc(NC(=O)COC(=O)CCC(=O)c2cc(C)ccc2C)cc1. The Morgan fingerprint density at radius 2 is 1.56 bits per heavy atom. The van der Waals surface area contributed by atoms with Crippen molar-refractivity contribution in [3.63, 3.8) is 0 Å². The zero-order valence-corrected chi connectivity index (χ0v) is 19.1. The molecule has 7 heteroatoms. The number of ketones is 1. The molecule has 2 amide bonds. The minimum Gasteiger partial charge on any atom is -0.456 e. The zero-order chi connectivity index (χ0) is 23.7. The number of nitrogens with zero attached hydrogens (tertiary/aromatic N) is 1. The lowest BCUT2D eigenvalue weighted by atomic mass is 9.99. The fourth-order valence-electron chi connectivity index (χ4n) is 3.19. The molecule has 0 aromatic heterocycles. The van der Waals surface area contributed by atoms with Crippen molar-refractivity contribution in [3.8, 4) is 0 Å². The van der Waals surface area contributed by atoms with Gasteiger partial charge in [-0.1, -0.05) is 17.7 Å². The van der Waals surface area contributed by atoms with Gasteiger partial charge in [0, 0.05) is 36.3 Å². The average molecular weight is 439 g/mol. The van der Waals surface area contributed by atoms with Gasteiger partial charge in [-0.15, -0.1) is 0 Å². The van der Waals surface area contributed by atoms with Gasteiger partial charge in [0.1, 0.15) is 0 Å². The molecule has 0 spiro atoms. The summed E-state index contributed by atoms with van der Waals surface area (Å²) in [4.78, 5) is 50.3. The van der Waals surface area contributed by atoms with Crippen LogP contribution in [-0.2, 0) is 14.3 Å². The van der Waals surface area contributed by atoms with Gasteiger partial charge >= 0.3 is 5.97 Å². The maximum absolute atomic E-state index is 12.3. The zero-order valence-electron chi connectivity index (χ0n) is 19.1. The Morgan fingerprint density at radius 1 is 0.906 bits per heavy atom. The van der Waals surface area contributed by atoms with Crippen LogP contribution in [0.1, 0.15) is 58.5 Å². The first-order valence-corrected chi connectivity index (χ1v) is 10.7. The molecule has 0 heterocycles. The number of nitrogens with one attached hydrogen (secondary N) is 1. The molecule has 0 saturated heterocycles. The summed E-state index contributed by atoms with van der Waals surface area (Å²) in [5, 5.41) is 2.62. The molecule has 0 radical (unpaired) electrons. The first-order valence-electron chi connectivity index (χ1n) is 10.7. The van der Waals surface area contributed by atoms with Gasteiger partial charge in [0.15, 0.2) is 12.4 Å². The number of rotatable bonds is 10. The predicted octanol–water partition coefficient (Wildman–Crippen LogP) is 3.93. The number of aryl methyl sites for hydroxylation is 2. The molecule has 0 aliphatic carbocycles. The van der Waals surface area contributed by atoms with Crippen LogP contribution in [0.5, 0.6) is 0 Å². The Kier molecular flexibility index (Phi) is 9.13. The second-order valence-electron chi connectivity index (χ2n) is 7.51. The predicted molar refractivity (Wildman–Crippen MR) is 123 cm³/mol. The summed E-state index contributed by atoms with van der Waals surface area (Å²) in [6.45, 7) is 8.37. The molecule has 2 rings (SSSR count). The fourth-order valence-corrected chi connectivity index (χ4v) is 3.19. The summed E-state index contributed by atoms with van der Waals surface area (Å²) in [6.07, 6.45) is -0.0750. The normalized spacial score (nSPS) is 10.4. The van der Waals surface area contributed by atoms with E-state index in [0.717, 1.165) is 11.1 Å². The Bertz CT molecular complexity index is 978. The van der Waals surface area contributed by atoms with Gasteiger partial charge in [0.2, 0.25) is 0 Å². The minimum atomic E-state index is -0.612. The lowest BCUT2D eigenvalue weighted by Gasteiger charge is -2.18. The largest absolute Gasteiger partial charge is 0.456 e. The highest BCUT2D eigenvalue weighted by molar-refractivity contribution is 5.99. The van der Waals surface area contributed by atoms with E-state index in [4.69, 9.17) is 4.74 Å². The number of esters is 1. The monoisotopic (exact) mass is 438 g/mol. The number of hydrogen-bond donors (Lipinski definition) is 1. The van der Waals surface area contributed by atoms with Crippen molar-refractivity contribution in [2.45, 2.75) is 40.5 Å². The van der Waals surface area contributed by atoms with E-state index in [1.807, 2.05) is 39.8 Å². The lowest BCUT2D eigenvalue weighted by molar-refractivity contribution is -0.147. The Morgan fingerprint density at radius 3 is 2.19 bits per heavy atom. The minimum absolute atomic E-state index is 0.0206. The maximum atomic E-state index is 12.3. The summed E-state index contributed by atoms with van der Waals surface area (Å²) in [5.41, 5.74) is 3.46. The van der Waals surface area contributed by atoms with Crippen molar-refractivity contribution in [2.75, 3.05) is 25.0 Å². The van der Waals surface area contributed by atoms with Crippen LogP contribution in [0.4, 0.5) is 5.69 Å². The number of ether oxygens (including phenoxy) is 1. The molecule has 0 saturated carbocycles. The third-order valence-electron chi connectivity index (χ3n) is 5.08. The van der Waals surface area contributed by atoms with E-state index in [0.29, 0.717) is 29.9 Å². The number of anilines is 1. The number of Topliss-reactive ketones (excluding diaryl/α,β-unsaturated/α-hetero) is 1. The average Bonchev–Trinajstić information content (AvgIpc) is 2.78. The Labute approximate surface area is 188 Å². The van der Waals surface area contributed by atoms with E-state index in [1.165, 1.54) is 0 Å². The van der Waals surface area contributed by atoms with Gasteiger partial charge in [-0.3, -0.25) is 19.2 Å². The van der Waals surface area contributed by atoms with Crippen molar-refractivity contribution in [3.05, 3.63) is 64.7 Å². The van der Waals surface area contributed by atoms with Gasteiger partial charge in [0.25, 0.3) is 11.8 Å². The van der Waals surface area contributed by atoms with Gasteiger partial charge in [-0.2, -0.15) is 0 Å². The van der Waals surface area contributed by atoms with E-state index < -0.39 is 18.5 Å². The molecule has 170 valence electrons. The van der Waals surface area contributed by atoms with Gasteiger partial charge in [-0.05, 0) is 63.6 Å². The topological polar surface area (TPSA) is 92.8 Å². The Hall–Kier alpha value is -3.48. The summed E-state index contributed by atoms with van der Waals surface area (Å²) < 4.78 is 4.97. The molecular formula is C25H30N2O5. The van der Waals surface area contributed by atoms with Crippen LogP contribution in [-0.4, -0.2) is 48.2 Å². The first kappa shape index (κ1) is 24.8. The highest BCUT2D eigenvalue weighted by Crippen LogP contribution is 2.14. The summed E-state index contributed by atoms with van der Waals surface area (Å²) in [5.74, 6) is -1.31. The van der Waals surface area contributed by atoms with Gasteiger partial charge in [0.05, 0.1) is 6.42 Å². The first-order chi connectivity index (χ1) is 15.2. The fraction of sp³-hybridized carbons (Fsp3) is 0.360. The van der Waals surface area contributed by atoms with Crippen molar-refractivity contribution < 1.29 is 23.9 Å². The van der Waals surface area contributed by atoms with Crippen LogP contribution in [0.2, 0.25) is 0 Å². The molecule has 0 fully saturated rings. The summed E-state index contributed by atoms with van der Waals surface area (Å²) >= 11 is 0. The van der Waals surface area contributed by atoms with Crippen molar-refractivity contribution in [1.82, 2.24) is 4.90 Å². The summed E-state index contributed by atoms with van der Waals surface area (Å²) in [7, 11) is 0. The van der Waals surface area contributed by atoms with Crippen molar-refractivity contribution >= 4 is 29.3 Å². The van der Waals surface area contributed by atoms with Gasteiger partial charge < -0.3 is 15.0 Å². The second-order valence-corrected chi connectivity index (χ2v) is 7.51. The molecule has 0 bridgehead atoms. The molecule has 7 nitrogen and oxygen atoms in total. The quantitative estimate of drug-likeness (QED) is 0.448. The lowest BCUT2D eigenvalue weighted by Crippen LogP contribution is -2.30. The van der Waals surface area contributed by atoms with E-state index in [-0.39, 0.29) is 24.5 Å². The second kappa shape index (κ2) is 11.8. The van der Waals surface area contributed by atoms with Crippen LogP contribution >= 0.6 is 0 Å². The summed E-state index contributed by atoms with van der Waals surface area (Å²) in [6, 6.07) is 12.1. The highest BCUT2D eigenvalue weighted by Gasteiger charge is 2.15. The van der Waals surface area contributed by atoms with Crippen LogP contribution in [0.3, 0.4) is 0 Å². The highest BCUT2D eigenvalue weighted by atomic mass is 16.5. The van der Waals surface area contributed by atoms with Crippen molar-refractivity contribution in [2.24, 2.45) is 0 Å². The molecule has 1 N–H and O–H groups in total. The van der Waals surface area contributed by atoms with Crippen LogP contribution in [0.25, 0.3) is 0 Å². The van der Waals surface area contributed by atoms with E-state index in [9.17, 15) is 19.2 Å². The van der Waals surface area contributed by atoms with E-state index >= 15 is 0 Å². The van der Waals surface area contributed by atoms with E-state index in [1.54, 1.807) is 35.2 Å². The molecule has 2 aromatic rings. The van der Waals surface area contributed by atoms with Crippen molar-refractivity contribution in [1.29, 1.82) is 0 Å². The third-order valence-corrected chi connectivity index (χ3v) is 5.08. The number of carbonyl (C=O) groups is 4. The molecule has 0 unspecified atom stereocenters. The number of carbonyl (C=O) groups excluding carboxylic acids is 4. The number of benzene rings is 2. The van der Waals surface area contributed by atoms with Gasteiger partial charge in [-0.25, -0.2) is 0 Å². The molecule has 0 aliphatic heterocycles. The standard InChI is InChI=1S/C25H30N2O5/c1-5-27(6-2)25(31)19-9-11-20(12-10-19)26-23(29)16-32-24(30)14-13-22(28)21-15-17(3)7-8-18(21)4/h7-12,15H,5-6,13-14,16H2,1-4H3,(H,26,29). The van der Waals surface area contributed by atoms with Crippen LogP contribution in [0.15, 0.2) is 42.5 Å². The number of amides is 2. The molecule has 2 aromatic carbocycles. The molecule has 0 atom stereocenters.